The predicted octanol–water partition coefficient (Wildman–Crippen LogP) is 2.11. The Morgan fingerprint density at radius 3 is 2.68 bits per heavy atom. The second-order valence-corrected chi connectivity index (χ2v) is 4.78. The van der Waals surface area contributed by atoms with E-state index in [0.29, 0.717) is 16.5 Å². The van der Waals surface area contributed by atoms with Crippen LogP contribution in [-0.2, 0) is 5.41 Å². The average Bonchev–Trinajstić information content (AvgIpc) is 3.18. The van der Waals surface area contributed by atoms with Crippen molar-refractivity contribution in [2.75, 3.05) is 0 Å². The Morgan fingerprint density at radius 2 is 2.11 bits per heavy atom. The van der Waals surface area contributed by atoms with Gasteiger partial charge in [-0.25, -0.2) is 0 Å². The summed E-state index contributed by atoms with van der Waals surface area (Å²) in [4.78, 5) is 15.0. The maximum atomic E-state index is 11.0. The van der Waals surface area contributed by atoms with Crippen LogP contribution in [0, 0.1) is 15.5 Å². The first-order valence-corrected chi connectivity index (χ1v) is 5.93. The maximum Gasteiger partial charge on any atom is 0.277 e. The number of amidine groups is 1. The van der Waals surface area contributed by atoms with E-state index in [1.165, 1.54) is 6.07 Å². The standard InChI is InChI=1S/C13H12N4O2/c14-12(15)13(5-6-13)11-9-2-1-3-10(17(18)19)8(9)4-7-16-11/h1-4,7H,5-6H2,(H3,14,15). The number of nitro groups is 1. The van der Waals surface area contributed by atoms with Crippen molar-refractivity contribution in [3.8, 4) is 0 Å². The highest BCUT2D eigenvalue weighted by Crippen LogP contribution is 2.49. The predicted molar refractivity (Wildman–Crippen MR) is 71.2 cm³/mol. The van der Waals surface area contributed by atoms with Crippen LogP contribution in [0.2, 0.25) is 0 Å². The molecule has 1 aromatic heterocycles. The van der Waals surface area contributed by atoms with Gasteiger partial charge in [-0.2, -0.15) is 0 Å². The number of nitro benzene ring substituents is 1. The second kappa shape index (κ2) is 3.74. The van der Waals surface area contributed by atoms with Gasteiger partial charge >= 0.3 is 0 Å². The fourth-order valence-corrected chi connectivity index (χ4v) is 2.49. The van der Waals surface area contributed by atoms with E-state index in [2.05, 4.69) is 4.98 Å². The second-order valence-electron chi connectivity index (χ2n) is 4.78. The van der Waals surface area contributed by atoms with Gasteiger partial charge in [0, 0.05) is 17.6 Å². The fraction of sp³-hybridized carbons (Fsp3) is 0.231. The molecule has 0 radical (unpaired) electrons. The molecular weight excluding hydrogens is 244 g/mol. The van der Waals surface area contributed by atoms with Crippen LogP contribution in [0.15, 0.2) is 30.5 Å². The third-order valence-electron chi connectivity index (χ3n) is 3.70. The van der Waals surface area contributed by atoms with E-state index in [0.717, 1.165) is 12.8 Å². The number of pyridine rings is 1. The number of hydrogen-bond donors (Lipinski definition) is 2. The van der Waals surface area contributed by atoms with Crippen molar-refractivity contribution in [1.82, 2.24) is 4.98 Å². The molecule has 0 spiro atoms. The Kier molecular flexibility index (Phi) is 2.28. The minimum atomic E-state index is -0.519. The first-order valence-electron chi connectivity index (χ1n) is 5.93. The van der Waals surface area contributed by atoms with Crippen LogP contribution in [0.5, 0.6) is 0 Å². The molecule has 96 valence electrons. The molecule has 0 saturated heterocycles. The minimum absolute atomic E-state index is 0.0560. The van der Waals surface area contributed by atoms with Crippen molar-refractivity contribution >= 4 is 22.3 Å². The molecule has 6 nitrogen and oxygen atoms in total. The minimum Gasteiger partial charge on any atom is -0.387 e. The molecule has 3 rings (SSSR count). The van der Waals surface area contributed by atoms with E-state index >= 15 is 0 Å². The Balaban J connectivity index is 2.31. The SMILES string of the molecule is N=C(N)C1(c2nccc3c([N+](=O)[O-])cccc23)CC1. The average molecular weight is 256 g/mol. The lowest BCUT2D eigenvalue weighted by Crippen LogP contribution is -2.28. The number of fused-ring (bicyclic) bond motifs is 1. The van der Waals surface area contributed by atoms with Gasteiger partial charge in [0.25, 0.3) is 5.69 Å². The Bertz CT molecular complexity index is 707. The summed E-state index contributed by atoms with van der Waals surface area (Å²) in [5.74, 6) is 0.0824. The molecule has 0 unspecified atom stereocenters. The van der Waals surface area contributed by atoms with Crippen molar-refractivity contribution < 1.29 is 4.92 Å². The number of non-ortho nitro benzene ring substituents is 1. The van der Waals surface area contributed by atoms with Crippen LogP contribution in [0.3, 0.4) is 0 Å². The number of benzene rings is 1. The number of hydrogen-bond acceptors (Lipinski definition) is 4. The monoisotopic (exact) mass is 256 g/mol. The summed E-state index contributed by atoms with van der Waals surface area (Å²) in [7, 11) is 0. The van der Waals surface area contributed by atoms with E-state index in [4.69, 9.17) is 11.1 Å². The normalized spacial score (nSPS) is 16.2. The number of rotatable bonds is 3. The van der Waals surface area contributed by atoms with Gasteiger partial charge < -0.3 is 5.73 Å². The lowest BCUT2D eigenvalue weighted by atomic mass is 9.95. The molecule has 6 heteroatoms. The van der Waals surface area contributed by atoms with Gasteiger partial charge in [-0.05, 0) is 18.9 Å². The number of nitrogens with two attached hydrogens (primary N) is 1. The molecule has 2 aromatic rings. The summed E-state index contributed by atoms with van der Waals surface area (Å²) >= 11 is 0. The van der Waals surface area contributed by atoms with Crippen LogP contribution in [0.25, 0.3) is 10.8 Å². The van der Waals surface area contributed by atoms with Gasteiger partial charge in [0.15, 0.2) is 0 Å². The van der Waals surface area contributed by atoms with Crippen LogP contribution >= 0.6 is 0 Å². The molecule has 1 fully saturated rings. The van der Waals surface area contributed by atoms with Gasteiger partial charge in [-0.15, -0.1) is 0 Å². The van der Waals surface area contributed by atoms with E-state index < -0.39 is 10.3 Å². The molecule has 19 heavy (non-hydrogen) atoms. The lowest BCUT2D eigenvalue weighted by molar-refractivity contribution is -0.383. The molecule has 1 saturated carbocycles. The zero-order valence-corrected chi connectivity index (χ0v) is 10.1. The summed E-state index contributed by atoms with van der Waals surface area (Å²) in [5, 5.41) is 20.0. The molecule has 1 aliphatic rings. The first kappa shape index (κ1) is 11.6. The van der Waals surface area contributed by atoms with Gasteiger partial charge in [-0.1, -0.05) is 12.1 Å². The van der Waals surface area contributed by atoms with E-state index in [1.807, 2.05) is 0 Å². The van der Waals surface area contributed by atoms with Crippen molar-refractivity contribution in [3.63, 3.8) is 0 Å². The van der Waals surface area contributed by atoms with Crippen molar-refractivity contribution in [2.45, 2.75) is 18.3 Å². The number of aromatic nitrogens is 1. The lowest BCUT2D eigenvalue weighted by Gasteiger charge is -2.15. The molecule has 0 aliphatic heterocycles. The van der Waals surface area contributed by atoms with Crippen LogP contribution in [0.1, 0.15) is 18.5 Å². The Hall–Kier alpha value is -2.50. The third kappa shape index (κ3) is 1.56. The van der Waals surface area contributed by atoms with Crippen molar-refractivity contribution in [2.24, 2.45) is 5.73 Å². The highest BCUT2D eigenvalue weighted by molar-refractivity contribution is 5.99. The summed E-state index contributed by atoms with van der Waals surface area (Å²) in [6.45, 7) is 0. The smallest absolute Gasteiger partial charge is 0.277 e. The first-order chi connectivity index (χ1) is 9.06. The van der Waals surface area contributed by atoms with Crippen LogP contribution in [-0.4, -0.2) is 15.7 Å². The van der Waals surface area contributed by atoms with Gasteiger partial charge in [0.1, 0.15) is 5.84 Å². The topological polar surface area (TPSA) is 106 Å². The zero-order chi connectivity index (χ0) is 13.6. The summed E-state index contributed by atoms with van der Waals surface area (Å²) in [5.41, 5.74) is 5.88. The molecule has 1 aromatic carbocycles. The Labute approximate surface area is 108 Å². The molecule has 1 heterocycles. The van der Waals surface area contributed by atoms with Gasteiger partial charge in [-0.3, -0.25) is 20.5 Å². The van der Waals surface area contributed by atoms with E-state index in [-0.39, 0.29) is 11.5 Å². The largest absolute Gasteiger partial charge is 0.387 e. The Morgan fingerprint density at radius 1 is 1.37 bits per heavy atom. The fourth-order valence-electron chi connectivity index (χ4n) is 2.49. The molecule has 3 N–H and O–H groups in total. The molecular formula is C13H12N4O2. The molecule has 0 amide bonds. The van der Waals surface area contributed by atoms with Crippen molar-refractivity contribution in [1.29, 1.82) is 5.41 Å². The molecule has 0 atom stereocenters. The third-order valence-corrected chi connectivity index (χ3v) is 3.70. The highest BCUT2D eigenvalue weighted by Gasteiger charge is 2.50. The van der Waals surface area contributed by atoms with Crippen LogP contribution < -0.4 is 5.73 Å². The quantitative estimate of drug-likeness (QED) is 0.379. The number of nitrogens with one attached hydrogen (secondary N) is 1. The summed E-state index contributed by atoms with van der Waals surface area (Å²) in [6, 6.07) is 6.54. The summed E-state index contributed by atoms with van der Waals surface area (Å²) in [6.07, 6.45) is 3.10. The van der Waals surface area contributed by atoms with E-state index in [9.17, 15) is 10.1 Å². The molecule has 0 bridgehead atoms. The maximum absolute atomic E-state index is 11.0. The van der Waals surface area contributed by atoms with Gasteiger partial charge in [0.2, 0.25) is 0 Å². The zero-order valence-electron chi connectivity index (χ0n) is 10.1. The van der Waals surface area contributed by atoms with Crippen LogP contribution in [0.4, 0.5) is 5.69 Å². The summed E-state index contributed by atoms with van der Waals surface area (Å²) < 4.78 is 0. The highest BCUT2D eigenvalue weighted by atomic mass is 16.6. The molecule has 1 aliphatic carbocycles. The van der Waals surface area contributed by atoms with E-state index in [1.54, 1.807) is 24.4 Å². The number of nitrogens with zero attached hydrogens (tertiary/aromatic N) is 2. The van der Waals surface area contributed by atoms with Gasteiger partial charge in [0.05, 0.1) is 21.4 Å². The van der Waals surface area contributed by atoms with Crippen molar-refractivity contribution in [3.05, 3.63) is 46.3 Å².